The van der Waals surface area contributed by atoms with E-state index in [1.807, 2.05) is 50.7 Å². The predicted molar refractivity (Wildman–Crippen MR) is 110 cm³/mol. The third-order valence-electron chi connectivity index (χ3n) is 4.72. The fourth-order valence-electron chi connectivity index (χ4n) is 3.34. The van der Waals surface area contributed by atoms with E-state index in [9.17, 15) is 9.59 Å². The summed E-state index contributed by atoms with van der Waals surface area (Å²) < 4.78 is 3.31. The van der Waals surface area contributed by atoms with Crippen molar-refractivity contribution >= 4 is 28.3 Å². The molecule has 0 saturated heterocycles. The van der Waals surface area contributed by atoms with Gasteiger partial charge < -0.3 is 10.2 Å². The van der Waals surface area contributed by atoms with E-state index in [-0.39, 0.29) is 24.2 Å². The Morgan fingerprint density at radius 3 is 2.48 bits per heavy atom. The van der Waals surface area contributed by atoms with Crippen molar-refractivity contribution in [2.75, 3.05) is 20.6 Å². The van der Waals surface area contributed by atoms with Gasteiger partial charge in [-0.25, -0.2) is 4.79 Å². The number of likely N-dealkylation sites (N-methyl/N-ethyl adjacent to an activating group) is 1. The lowest BCUT2D eigenvalue weighted by atomic mass is 10.1. The second-order valence-electron chi connectivity index (χ2n) is 6.85. The van der Waals surface area contributed by atoms with Gasteiger partial charge in [-0.3, -0.25) is 13.9 Å². The first-order valence-corrected chi connectivity index (χ1v) is 10.1. The molecule has 6 nitrogen and oxygen atoms in total. The van der Waals surface area contributed by atoms with Gasteiger partial charge in [0.25, 0.3) is 0 Å². The smallest absolute Gasteiger partial charge is 0.329 e. The molecule has 2 heterocycles. The van der Waals surface area contributed by atoms with E-state index in [2.05, 4.69) is 21.7 Å². The molecule has 1 N–H and O–H groups in total. The van der Waals surface area contributed by atoms with Crippen molar-refractivity contribution in [3.8, 4) is 0 Å². The van der Waals surface area contributed by atoms with Crippen molar-refractivity contribution in [2.45, 2.75) is 32.5 Å². The van der Waals surface area contributed by atoms with Crippen molar-refractivity contribution in [3.63, 3.8) is 0 Å². The van der Waals surface area contributed by atoms with Crippen molar-refractivity contribution in [3.05, 3.63) is 57.1 Å². The number of para-hydroxylation sites is 2. The van der Waals surface area contributed by atoms with Gasteiger partial charge in [-0.2, -0.15) is 11.3 Å². The summed E-state index contributed by atoms with van der Waals surface area (Å²) in [5.74, 6) is -0.154. The van der Waals surface area contributed by atoms with Crippen molar-refractivity contribution < 1.29 is 4.79 Å². The fourth-order valence-corrected chi connectivity index (χ4v) is 4.05. The number of fused-ring (bicyclic) bond motifs is 1. The molecular formula is C20H26N4O2S. The van der Waals surface area contributed by atoms with Crippen molar-refractivity contribution in [1.29, 1.82) is 0 Å². The van der Waals surface area contributed by atoms with E-state index in [0.29, 0.717) is 13.1 Å². The van der Waals surface area contributed by atoms with Crippen LogP contribution in [0.2, 0.25) is 0 Å². The Morgan fingerprint density at radius 1 is 1.19 bits per heavy atom. The van der Waals surface area contributed by atoms with E-state index in [4.69, 9.17) is 0 Å². The van der Waals surface area contributed by atoms with Gasteiger partial charge in [0.2, 0.25) is 5.91 Å². The number of carbonyl (C=O) groups excluding carboxylic acids is 1. The standard InChI is InChI=1S/C20H26N4O2S/c1-4-10-23-16-7-5-6-8-17(16)24(20(23)26)13-19(25)21-12-18(22(2)3)15-9-11-27-14-15/h5-9,11,14,18H,4,10,12-13H2,1-3H3,(H,21,25). The highest BCUT2D eigenvalue weighted by Gasteiger charge is 2.18. The first-order valence-electron chi connectivity index (χ1n) is 9.16. The molecule has 0 radical (unpaired) electrons. The summed E-state index contributed by atoms with van der Waals surface area (Å²) in [6, 6.07) is 9.82. The van der Waals surface area contributed by atoms with Crippen LogP contribution in [0.3, 0.4) is 0 Å². The average molecular weight is 387 g/mol. The summed E-state index contributed by atoms with van der Waals surface area (Å²) in [6.07, 6.45) is 0.866. The number of thiophene rings is 1. The molecule has 1 atom stereocenters. The third-order valence-corrected chi connectivity index (χ3v) is 5.42. The van der Waals surface area contributed by atoms with Gasteiger partial charge in [-0.1, -0.05) is 19.1 Å². The Bertz CT molecular complexity index is 956. The summed E-state index contributed by atoms with van der Waals surface area (Å²) in [5.41, 5.74) is 2.73. The molecule has 0 aliphatic carbocycles. The van der Waals surface area contributed by atoms with Gasteiger partial charge in [0.05, 0.1) is 17.1 Å². The van der Waals surface area contributed by atoms with E-state index in [1.165, 1.54) is 5.56 Å². The minimum absolute atomic E-state index is 0.0276. The number of amides is 1. The van der Waals surface area contributed by atoms with Crippen molar-refractivity contribution in [2.24, 2.45) is 0 Å². The Morgan fingerprint density at radius 2 is 1.89 bits per heavy atom. The van der Waals surface area contributed by atoms with Gasteiger partial charge >= 0.3 is 5.69 Å². The number of rotatable bonds is 8. The molecule has 1 unspecified atom stereocenters. The Kier molecular flexibility index (Phi) is 6.13. The molecule has 0 aliphatic rings. The minimum atomic E-state index is -0.154. The molecule has 27 heavy (non-hydrogen) atoms. The van der Waals surface area contributed by atoms with Gasteiger partial charge in [0, 0.05) is 13.1 Å². The molecule has 0 fully saturated rings. The van der Waals surface area contributed by atoms with Crippen LogP contribution in [-0.4, -0.2) is 40.6 Å². The van der Waals surface area contributed by atoms with Crippen LogP contribution in [0.1, 0.15) is 24.9 Å². The number of aryl methyl sites for hydroxylation is 1. The van der Waals surface area contributed by atoms with E-state index < -0.39 is 0 Å². The molecule has 1 amide bonds. The Hall–Kier alpha value is -2.38. The number of imidazole rings is 1. The molecule has 0 aliphatic heterocycles. The maximum atomic E-state index is 12.8. The maximum absolute atomic E-state index is 12.8. The highest BCUT2D eigenvalue weighted by atomic mass is 32.1. The average Bonchev–Trinajstić information content (AvgIpc) is 3.25. The van der Waals surface area contributed by atoms with Gasteiger partial charge in [0.1, 0.15) is 6.54 Å². The first-order chi connectivity index (χ1) is 13.0. The summed E-state index contributed by atoms with van der Waals surface area (Å²) >= 11 is 1.65. The lowest BCUT2D eigenvalue weighted by molar-refractivity contribution is -0.121. The zero-order chi connectivity index (χ0) is 19.4. The van der Waals surface area contributed by atoms with E-state index in [0.717, 1.165) is 17.5 Å². The molecule has 0 spiro atoms. The van der Waals surface area contributed by atoms with Crippen LogP contribution < -0.4 is 11.0 Å². The van der Waals surface area contributed by atoms with Gasteiger partial charge in [0.15, 0.2) is 0 Å². The molecule has 3 aromatic rings. The lowest BCUT2D eigenvalue weighted by Gasteiger charge is -2.24. The first kappa shape index (κ1) is 19.4. The summed E-state index contributed by atoms with van der Waals surface area (Å²) in [7, 11) is 3.99. The SMILES string of the molecule is CCCn1c(=O)n(CC(=O)NCC(c2ccsc2)N(C)C)c2ccccc21. The molecule has 0 saturated carbocycles. The summed E-state index contributed by atoms with van der Waals surface area (Å²) in [4.78, 5) is 27.4. The van der Waals surface area contributed by atoms with Crippen LogP contribution in [-0.2, 0) is 17.9 Å². The number of benzene rings is 1. The van der Waals surface area contributed by atoms with E-state index in [1.54, 1.807) is 20.5 Å². The lowest BCUT2D eigenvalue weighted by Crippen LogP contribution is -2.38. The summed E-state index contributed by atoms with van der Waals surface area (Å²) in [6.45, 7) is 3.22. The number of nitrogens with one attached hydrogen (secondary N) is 1. The van der Waals surface area contributed by atoms with Gasteiger partial charge in [-0.15, -0.1) is 0 Å². The van der Waals surface area contributed by atoms with Crippen LogP contribution in [0.4, 0.5) is 0 Å². The number of nitrogens with zero attached hydrogens (tertiary/aromatic N) is 3. The molecular weight excluding hydrogens is 360 g/mol. The van der Waals surface area contributed by atoms with Crippen LogP contribution in [0.25, 0.3) is 11.0 Å². The van der Waals surface area contributed by atoms with Crippen molar-refractivity contribution in [1.82, 2.24) is 19.4 Å². The molecule has 0 bridgehead atoms. The molecule has 1 aromatic carbocycles. The number of hydrogen-bond acceptors (Lipinski definition) is 4. The Balaban J connectivity index is 1.76. The monoisotopic (exact) mass is 386 g/mol. The Labute approximate surface area is 163 Å². The molecule has 7 heteroatoms. The molecule has 144 valence electrons. The predicted octanol–water partition coefficient (Wildman–Crippen LogP) is 2.69. The van der Waals surface area contributed by atoms with E-state index >= 15 is 0 Å². The molecule has 2 aromatic heterocycles. The van der Waals surface area contributed by atoms with Crippen LogP contribution in [0, 0.1) is 0 Å². The second kappa shape index (κ2) is 8.54. The third kappa shape index (κ3) is 4.14. The normalized spacial score (nSPS) is 12.6. The quantitative estimate of drug-likeness (QED) is 0.648. The number of aromatic nitrogens is 2. The largest absolute Gasteiger partial charge is 0.353 e. The topological polar surface area (TPSA) is 59.3 Å². The van der Waals surface area contributed by atoms with Crippen LogP contribution >= 0.6 is 11.3 Å². The highest BCUT2D eigenvalue weighted by Crippen LogP contribution is 2.20. The van der Waals surface area contributed by atoms with Crippen LogP contribution in [0.5, 0.6) is 0 Å². The number of hydrogen-bond donors (Lipinski definition) is 1. The highest BCUT2D eigenvalue weighted by molar-refractivity contribution is 7.07. The number of carbonyl (C=O) groups is 1. The summed E-state index contributed by atoms with van der Waals surface area (Å²) in [5, 5.41) is 7.12. The maximum Gasteiger partial charge on any atom is 0.329 e. The minimum Gasteiger partial charge on any atom is -0.353 e. The second-order valence-corrected chi connectivity index (χ2v) is 7.63. The molecule has 3 rings (SSSR count). The fraction of sp³-hybridized carbons (Fsp3) is 0.400. The van der Waals surface area contributed by atoms with Gasteiger partial charge in [-0.05, 0) is 55.0 Å². The zero-order valence-corrected chi connectivity index (χ0v) is 16.8. The zero-order valence-electron chi connectivity index (χ0n) is 16.0. The van der Waals surface area contributed by atoms with Crippen LogP contribution in [0.15, 0.2) is 45.9 Å².